The molecule has 7 atom stereocenters. The lowest BCUT2D eigenvalue weighted by Crippen LogP contribution is -2.67. The van der Waals surface area contributed by atoms with Crippen molar-refractivity contribution in [1.29, 1.82) is 0 Å². The van der Waals surface area contributed by atoms with Gasteiger partial charge in [0.2, 0.25) is 0 Å². The average Bonchev–Trinajstić information content (AvgIpc) is 3.16. The van der Waals surface area contributed by atoms with Crippen LogP contribution in [-0.2, 0) is 4.74 Å². The minimum atomic E-state index is -0.0895. The van der Waals surface area contributed by atoms with Crippen molar-refractivity contribution in [1.82, 2.24) is 0 Å². The van der Waals surface area contributed by atoms with Crippen molar-refractivity contribution < 1.29 is 9.47 Å². The van der Waals surface area contributed by atoms with Crippen molar-refractivity contribution in [3.8, 4) is 5.75 Å². The van der Waals surface area contributed by atoms with Gasteiger partial charge in [-0.3, -0.25) is 0 Å². The van der Waals surface area contributed by atoms with E-state index in [0.29, 0.717) is 22.7 Å². The van der Waals surface area contributed by atoms with E-state index in [1.807, 2.05) is 0 Å². The van der Waals surface area contributed by atoms with Gasteiger partial charge in [0.05, 0.1) is 0 Å². The van der Waals surface area contributed by atoms with Crippen molar-refractivity contribution in [2.75, 3.05) is 6.61 Å². The SMILES string of the molecule is CCOC(CC12CC3CC4CC(C1)C42C3)Oc1ccc(C(CC(C)C)C(C)C)cc1. The van der Waals surface area contributed by atoms with E-state index >= 15 is 0 Å². The minimum Gasteiger partial charge on any atom is -0.465 e. The van der Waals surface area contributed by atoms with Gasteiger partial charge in [-0.15, -0.1) is 0 Å². The second-order valence-corrected chi connectivity index (χ2v) is 11.9. The van der Waals surface area contributed by atoms with E-state index < -0.39 is 0 Å². The molecule has 1 spiro atoms. The molecule has 1 aromatic carbocycles. The van der Waals surface area contributed by atoms with Gasteiger partial charge in [-0.25, -0.2) is 0 Å². The number of rotatable bonds is 10. The first-order valence-electron chi connectivity index (χ1n) is 12.7. The Kier molecular flexibility index (Phi) is 5.24. The molecule has 7 unspecified atom stereocenters. The molecule has 4 aliphatic rings. The summed E-state index contributed by atoms with van der Waals surface area (Å²) < 4.78 is 12.6. The highest BCUT2D eigenvalue weighted by atomic mass is 16.7. The first-order valence-corrected chi connectivity index (χ1v) is 12.7. The molecule has 4 fully saturated rings. The van der Waals surface area contributed by atoms with Crippen molar-refractivity contribution in [2.24, 2.45) is 40.4 Å². The molecule has 2 nitrogen and oxygen atoms in total. The molecule has 0 heterocycles. The summed E-state index contributed by atoms with van der Waals surface area (Å²) in [5, 5.41) is 0. The van der Waals surface area contributed by atoms with E-state index in [-0.39, 0.29) is 6.29 Å². The summed E-state index contributed by atoms with van der Waals surface area (Å²) in [5.74, 6) is 6.04. The summed E-state index contributed by atoms with van der Waals surface area (Å²) in [7, 11) is 0. The Hall–Kier alpha value is -1.02. The topological polar surface area (TPSA) is 18.5 Å². The van der Waals surface area contributed by atoms with Crippen LogP contribution >= 0.6 is 0 Å². The standard InChI is InChI=1S/C28H42O2/c1-6-29-26(17-27-14-20-12-22-13-23(16-27)28(22,27)15-20)30-24-9-7-21(8-10-24)25(19(4)5)11-18(2)3/h7-10,18-20,22-23,25-26H,6,11-17H2,1-5H3. The van der Waals surface area contributed by atoms with Crippen molar-refractivity contribution >= 4 is 0 Å². The van der Waals surface area contributed by atoms with Gasteiger partial charge in [0.25, 0.3) is 0 Å². The summed E-state index contributed by atoms with van der Waals surface area (Å²) in [5.41, 5.74) is 2.67. The van der Waals surface area contributed by atoms with Gasteiger partial charge in [0.15, 0.2) is 6.29 Å². The van der Waals surface area contributed by atoms with Crippen LogP contribution in [0.3, 0.4) is 0 Å². The molecule has 0 amide bonds. The first kappa shape index (κ1) is 20.9. The van der Waals surface area contributed by atoms with Crippen molar-refractivity contribution in [2.45, 2.75) is 91.8 Å². The second-order valence-electron chi connectivity index (χ2n) is 11.9. The van der Waals surface area contributed by atoms with E-state index in [2.05, 4.69) is 58.9 Å². The highest BCUT2D eigenvalue weighted by Gasteiger charge is 2.80. The van der Waals surface area contributed by atoms with Gasteiger partial charge in [-0.05, 0) is 109 Å². The van der Waals surface area contributed by atoms with Crippen LogP contribution < -0.4 is 4.74 Å². The van der Waals surface area contributed by atoms with Crippen LogP contribution in [0.1, 0.15) is 91.0 Å². The molecular weight excluding hydrogens is 368 g/mol. The Morgan fingerprint density at radius 2 is 1.73 bits per heavy atom. The predicted octanol–water partition coefficient (Wildman–Crippen LogP) is 7.43. The van der Waals surface area contributed by atoms with E-state index in [1.165, 1.54) is 44.1 Å². The number of ether oxygens (including phenoxy) is 2. The molecule has 4 saturated carbocycles. The number of hydrogen-bond donors (Lipinski definition) is 0. The van der Waals surface area contributed by atoms with Crippen molar-refractivity contribution in [3.63, 3.8) is 0 Å². The molecular formula is C28H42O2. The van der Waals surface area contributed by atoms with E-state index in [1.54, 1.807) is 0 Å². The van der Waals surface area contributed by atoms with E-state index in [4.69, 9.17) is 9.47 Å². The maximum Gasteiger partial charge on any atom is 0.200 e. The minimum absolute atomic E-state index is 0.0895. The highest BCUT2D eigenvalue weighted by Crippen LogP contribution is 2.87. The molecule has 2 bridgehead atoms. The second kappa shape index (κ2) is 7.54. The fraction of sp³-hybridized carbons (Fsp3) is 0.786. The third-order valence-corrected chi connectivity index (χ3v) is 9.59. The molecule has 1 aromatic rings. The van der Waals surface area contributed by atoms with Crippen LogP contribution in [0.25, 0.3) is 0 Å². The zero-order chi connectivity index (χ0) is 21.1. The summed E-state index contributed by atoms with van der Waals surface area (Å²) in [6, 6.07) is 8.95. The average molecular weight is 411 g/mol. The van der Waals surface area contributed by atoms with Gasteiger partial charge in [-0.2, -0.15) is 0 Å². The fourth-order valence-corrected chi connectivity index (χ4v) is 8.64. The third-order valence-electron chi connectivity index (χ3n) is 9.59. The summed E-state index contributed by atoms with van der Waals surface area (Å²) in [6.45, 7) is 12.2. The zero-order valence-electron chi connectivity index (χ0n) is 19.8. The normalized spacial score (nSPS) is 37.6. The molecule has 30 heavy (non-hydrogen) atoms. The predicted molar refractivity (Wildman–Crippen MR) is 123 cm³/mol. The first-order chi connectivity index (χ1) is 14.4. The van der Waals surface area contributed by atoms with E-state index in [9.17, 15) is 0 Å². The fourth-order valence-electron chi connectivity index (χ4n) is 8.64. The van der Waals surface area contributed by atoms with Gasteiger partial charge in [0.1, 0.15) is 5.75 Å². The van der Waals surface area contributed by atoms with Crippen LogP contribution in [0.5, 0.6) is 5.75 Å². The Labute approximate surface area is 184 Å². The van der Waals surface area contributed by atoms with Crippen LogP contribution in [0.4, 0.5) is 0 Å². The molecule has 0 radical (unpaired) electrons. The third kappa shape index (κ3) is 3.07. The number of benzene rings is 1. The molecule has 0 saturated heterocycles. The van der Waals surface area contributed by atoms with Gasteiger partial charge in [-0.1, -0.05) is 39.8 Å². The maximum absolute atomic E-state index is 6.47. The van der Waals surface area contributed by atoms with Crippen molar-refractivity contribution in [3.05, 3.63) is 29.8 Å². The molecule has 4 aliphatic carbocycles. The van der Waals surface area contributed by atoms with E-state index in [0.717, 1.165) is 42.4 Å². The summed E-state index contributed by atoms with van der Waals surface area (Å²) in [4.78, 5) is 0. The molecule has 166 valence electrons. The molecule has 5 rings (SSSR count). The molecule has 0 aromatic heterocycles. The zero-order valence-corrected chi connectivity index (χ0v) is 19.8. The number of fused-ring (bicyclic) bond motifs is 1. The Morgan fingerprint density at radius 3 is 2.33 bits per heavy atom. The largest absolute Gasteiger partial charge is 0.465 e. The molecule has 0 aliphatic heterocycles. The van der Waals surface area contributed by atoms with Gasteiger partial charge < -0.3 is 9.47 Å². The maximum atomic E-state index is 6.47. The van der Waals surface area contributed by atoms with Crippen LogP contribution in [0.15, 0.2) is 24.3 Å². The quantitative estimate of drug-likeness (QED) is 0.373. The Bertz CT molecular complexity index is 752. The molecule has 0 N–H and O–H groups in total. The lowest BCUT2D eigenvalue weighted by Gasteiger charge is -2.73. The van der Waals surface area contributed by atoms with Gasteiger partial charge in [0, 0.05) is 13.0 Å². The smallest absolute Gasteiger partial charge is 0.200 e. The van der Waals surface area contributed by atoms with Crippen LogP contribution in [-0.4, -0.2) is 12.9 Å². The Balaban J connectivity index is 1.27. The highest BCUT2D eigenvalue weighted by molar-refractivity contribution is 5.31. The van der Waals surface area contributed by atoms with Crippen LogP contribution in [0.2, 0.25) is 0 Å². The Morgan fingerprint density at radius 1 is 0.967 bits per heavy atom. The number of hydrogen-bond acceptors (Lipinski definition) is 2. The lowest BCUT2D eigenvalue weighted by molar-refractivity contribution is -0.267. The molecule has 2 heteroatoms. The summed E-state index contributed by atoms with van der Waals surface area (Å²) >= 11 is 0. The van der Waals surface area contributed by atoms with Gasteiger partial charge >= 0.3 is 0 Å². The summed E-state index contributed by atoms with van der Waals surface area (Å²) in [6.07, 6.45) is 9.70. The lowest BCUT2D eigenvalue weighted by atomic mass is 9.31. The monoisotopic (exact) mass is 410 g/mol. The van der Waals surface area contributed by atoms with Crippen LogP contribution in [0, 0.1) is 40.4 Å².